The van der Waals surface area contributed by atoms with Crippen LogP contribution in [0.25, 0.3) is 0 Å². The molecule has 0 aliphatic carbocycles. The summed E-state index contributed by atoms with van der Waals surface area (Å²) in [6, 6.07) is 5.92. The van der Waals surface area contributed by atoms with E-state index in [0.717, 1.165) is 30.9 Å². The predicted molar refractivity (Wildman–Crippen MR) is 90.1 cm³/mol. The summed E-state index contributed by atoms with van der Waals surface area (Å²) < 4.78 is 13.5. The van der Waals surface area contributed by atoms with Gasteiger partial charge in [0.05, 0.1) is 0 Å². The molecule has 21 heavy (non-hydrogen) atoms. The molecule has 0 saturated heterocycles. The van der Waals surface area contributed by atoms with Crippen molar-refractivity contribution in [2.45, 2.75) is 72.3 Å². The monoisotopic (exact) mass is 293 g/mol. The summed E-state index contributed by atoms with van der Waals surface area (Å²) >= 11 is 0. The van der Waals surface area contributed by atoms with E-state index in [0.29, 0.717) is 6.04 Å². The molecule has 1 rings (SSSR count). The van der Waals surface area contributed by atoms with Gasteiger partial charge < -0.3 is 5.32 Å². The summed E-state index contributed by atoms with van der Waals surface area (Å²) in [4.78, 5) is 0. The highest BCUT2D eigenvalue weighted by Crippen LogP contribution is 2.27. The molecular weight excluding hydrogens is 261 g/mol. The lowest BCUT2D eigenvalue weighted by Crippen LogP contribution is -2.24. The van der Waals surface area contributed by atoms with Crippen LogP contribution in [-0.4, -0.2) is 6.54 Å². The lowest BCUT2D eigenvalue weighted by Gasteiger charge is -2.25. The van der Waals surface area contributed by atoms with Crippen molar-refractivity contribution in [1.29, 1.82) is 0 Å². The van der Waals surface area contributed by atoms with Gasteiger partial charge in [0, 0.05) is 6.04 Å². The highest BCUT2D eigenvalue weighted by atomic mass is 19.1. The molecule has 0 aliphatic heterocycles. The van der Waals surface area contributed by atoms with Crippen molar-refractivity contribution >= 4 is 0 Å². The molecule has 0 bridgehead atoms. The van der Waals surface area contributed by atoms with Crippen molar-refractivity contribution in [3.8, 4) is 0 Å². The van der Waals surface area contributed by atoms with E-state index < -0.39 is 0 Å². The van der Waals surface area contributed by atoms with E-state index in [-0.39, 0.29) is 5.82 Å². The third kappa shape index (κ3) is 6.17. The number of hydrogen-bond donors (Lipinski definition) is 1. The Morgan fingerprint density at radius 3 is 2.48 bits per heavy atom. The van der Waals surface area contributed by atoms with Crippen LogP contribution in [0.3, 0.4) is 0 Å². The van der Waals surface area contributed by atoms with E-state index >= 15 is 0 Å². The van der Waals surface area contributed by atoms with E-state index in [4.69, 9.17) is 0 Å². The normalized spacial score (nSPS) is 14.1. The SMILES string of the molecule is CCCCC(CC)CC(NCCC)c1ccc(F)c(C)c1. The highest BCUT2D eigenvalue weighted by molar-refractivity contribution is 5.26. The maximum atomic E-state index is 13.5. The Balaban J connectivity index is 2.80. The van der Waals surface area contributed by atoms with Gasteiger partial charge in [0.1, 0.15) is 5.82 Å². The second kappa shape index (κ2) is 9.94. The molecule has 0 fully saturated rings. The lowest BCUT2D eigenvalue weighted by molar-refractivity contribution is 0.353. The molecule has 120 valence electrons. The molecule has 2 atom stereocenters. The van der Waals surface area contributed by atoms with Gasteiger partial charge in [0.25, 0.3) is 0 Å². The zero-order chi connectivity index (χ0) is 15.7. The van der Waals surface area contributed by atoms with Gasteiger partial charge in [-0.2, -0.15) is 0 Å². The van der Waals surface area contributed by atoms with Crippen LogP contribution in [0.4, 0.5) is 4.39 Å². The van der Waals surface area contributed by atoms with Gasteiger partial charge in [-0.15, -0.1) is 0 Å². The van der Waals surface area contributed by atoms with Crippen molar-refractivity contribution in [2.75, 3.05) is 6.54 Å². The van der Waals surface area contributed by atoms with Gasteiger partial charge in [-0.3, -0.25) is 0 Å². The molecule has 0 spiro atoms. The van der Waals surface area contributed by atoms with Crippen molar-refractivity contribution < 1.29 is 4.39 Å². The maximum Gasteiger partial charge on any atom is 0.126 e. The molecule has 1 N–H and O–H groups in total. The number of aryl methyl sites for hydroxylation is 1. The molecule has 0 amide bonds. The highest BCUT2D eigenvalue weighted by Gasteiger charge is 2.17. The van der Waals surface area contributed by atoms with Gasteiger partial charge in [-0.25, -0.2) is 4.39 Å². The zero-order valence-corrected chi connectivity index (χ0v) is 14.2. The Bertz CT molecular complexity index is 403. The van der Waals surface area contributed by atoms with Gasteiger partial charge in [0.15, 0.2) is 0 Å². The first kappa shape index (κ1) is 18.2. The third-order valence-corrected chi connectivity index (χ3v) is 4.34. The molecule has 0 heterocycles. The molecule has 2 heteroatoms. The smallest absolute Gasteiger partial charge is 0.126 e. The minimum Gasteiger partial charge on any atom is -0.310 e. The lowest BCUT2D eigenvalue weighted by atomic mass is 9.88. The fraction of sp³-hybridized carbons (Fsp3) is 0.684. The zero-order valence-electron chi connectivity index (χ0n) is 14.2. The van der Waals surface area contributed by atoms with Gasteiger partial charge in [-0.1, -0.05) is 58.6 Å². The Hall–Kier alpha value is -0.890. The molecule has 1 nitrogen and oxygen atoms in total. The molecule has 2 unspecified atom stereocenters. The molecule has 0 aromatic heterocycles. The number of benzene rings is 1. The van der Waals surface area contributed by atoms with E-state index in [1.807, 2.05) is 19.1 Å². The van der Waals surface area contributed by atoms with Crippen LogP contribution >= 0.6 is 0 Å². The number of hydrogen-bond acceptors (Lipinski definition) is 1. The van der Waals surface area contributed by atoms with Crippen LogP contribution in [-0.2, 0) is 0 Å². The van der Waals surface area contributed by atoms with Gasteiger partial charge in [-0.05, 0) is 49.4 Å². The molecular formula is C19H32FN. The molecule has 0 aliphatic rings. The van der Waals surface area contributed by atoms with Crippen molar-refractivity contribution in [2.24, 2.45) is 5.92 Å². The van der Waals surface area contributed by atoms with E-state index in [1.165, 1.54) is 31.2 Å². The first-order valence-corrected chi connectivity index (χ1v) is 8.61. The predicted octanol–water partition coefficient (Wildman–Crippen LogP) is 5.78. The topological polar surface area (TPSA) is 12.0 Å². The van der Waals surface area contributed by atoms with Crippen molar-refractivity contribution in [1.82, 2.24) is 5.32 Å². The quantitative estimate of drug-likeness (QED) is 0.576. The summed E-state index contributed by atoms with van der Waals surface area (Å²) in [7, 11) is 0. The van der Waals surface area contributed by atoms with Crippen LogP contribution in [0.2, 0.25) is 0 Å². The van der Waals surface area contributed by atoms with Crippen LogP contribution in [0.15, 0.2) is 18.2 Å². The first-order chi connectivity index (χ1) is 10.1. The summed E-state index contributed by atoms with van der Waals surface area (Å²) in [5, 5.41) is 3.65. The van der Waals surface area contributed by atoms with Crippen molar-refractivity contribution in [3.63, 3.8) is 0 Å². The Kier molecular flexibility index (Phi) is 8.60. The molecule has 1 aromatic rings. The number of halogens is 1. The fourth-order valence-electron chi connectivity index (χ4n) is 2.86. The van der Waals surface area contributed by atoms with Crippen LogP contribution < -0.4 is 5.32 Å². The average molecular weight is 293 g/mol. The summed E-state index contributed by atoms with van der Waals surface area (Å²) in [6.07, 6.45) is 7.38. The summed E-state index contributed by atoms with van der Waals surface area (Å²) in [5.74, 6) is 0.649. The second-order valence-corrected chi connectivity index (χ2v) is 6.17. The standard InChI is InChI=1S/C19H32FN/c1-5-8-9-16(7-3)14-19(21-12-6-2)17-10-11-18(20)15(4)13-17/h10-11,13,16,19,21H,5-9,12,14H2,1-4H3. The average Bonchev–Trinajstić information content (AvgIpc) is 2.49. The van der Waals surface area contributed by atoms with E-state index in [1.54, 1.807) is 6.07 Å². The first-order valence-electron chi connectivity index (χ1n) is 8.61. The minimum atomic E-state index is -0.106. The number of unbranched alkanes of at least 4 members (excludes halogenated alkanes) is 1. The largest absolute Gasteiger partial charge is 0.310 e. The molecule has 0 radical (unpaired) electrons. The Morgan fingerprint density at radius 1 is 1.14 bits per heavy atom. The third-order valence-electron chi connectivity index (χ3n) is 4.34. The van der Waals surface area contributed by atoms with Gasteiger partial charge in [0.2, 0.25) is 0 Å². The van der Waals surface area contributed by atoms with Crippen LogP contribution in [0.1, 0.15) is 76.5 Å². The molecule has 0 saturated carbocycles. The van der Waals surface area contributed by atoms with Crippen LogP contribution in [0, 0.1) is 18.7 Å². The Labute approximate surface area is 130 Å². The summed E-state index contributed by atoms with van der Waals surface area (Å²) in [6.45, 7) is 9.60. The fourth-order valence-corrected chi connectivity index (χ4v) is 2.86. The number of rotatable bonds is 10. The minimum absolute atomic E-state index is 0.106. The summed E-state index contributed by atoms with van der Waals surface area (Å²) in [5.41, 5.74) is 1.98. The maximum absolute atomic E-state index is 13.5. The Morgan fingerprint density at radius 2 is 1.90 bits per heavy atom. The van der Waals surface area contributed by atoms with E-state index in [9.17, 15) is 4.39 Å². The van der Waals surface area contributed by atoms with Crippen LogP contribution in [0.5, 0.6) is 0 Å². The number of nitrogens with one attached hydrogen (secondary N) is 1. The van der Waals surface area contributed by atoms with Crippen molar-refractivity contribution in [3.05, 3.63) is 35.1 Å². The van der Waals surface area contributed by atoms with Gasteiger partial charge >= 0.3 is 0 Å². The second-order valence-electron chi connectivity index (χ2n) is 6.17. The molecule has 1 aromatic carbocycles. The van der Waals surface area contributed by atoms with E-state index in [2.05, 4.69) is 26.1 Å².